The van der Waals surface area contributed by atoms with E-state index in [9.17, 15) is 4.79 Å². The molecule has 0 aliphatic carbocycles. The summed E-state index contributed by atoms with van der Waals surface area (Å²) in [5, 5.41) is 8.34. The molecule has 1 heterocycles. The first-order chi connectivity index (χ1) is 11.1. The number of hydrogen-bond donors (Lipinski definition) is 1. The molecule has 0 saturated heterocycles. The lowest BCUT2D eigenvalue weighted by Gasteiger charge is -2.04. The zero-order chi connectivity index (χ0) is 16.2. The lowest BCUT2D eigenvalue weighted by molar-refractivity contribution is 0.102. The number of ketones is 1. The summed E-state index contributed by atoms with van der Waals surface area (Å²) >= 11 is 1.29. The minimum Gasteiger partial charge on any atom is -0.336 e. The number of nitrogen functional groups attached to an aromatic ring is 1. The molecule has 0 aliphatic rings. The number of rotatable bonds is 5. The third-order valence-electron chi connectivity index (χ3n) is 3.48. The highest BCUT2D eigenvalue weighted by Crippen LogP contribution is 2.21. The molecule has 0 unspecified atom stereocenters. The number of carbonyl (C=O) groups is 1. The van der Waals surface area contributed by atoms with Crippen molar-refractivity contribution in [2.45, 2.75) is 12.1 Å². The van der Waals surface area contributed by atoms with Crippen LogP contribution in [0.2, 0.25) is 0 Å². The van der Waals surface area contributed by atoms with E-state index in [-0.39, 0.29) is 11.5 Å². The Labute approximate surface area is 138 Å². The van der Waals surface area contributed by atoms with E-state index in [1.54, 1.807) is 6.92 Å². The van der Waals surface area contributed by atoms with E-state index in [2.05, 4.69) is 10.2 Å². The Morgan fingerprint density at radius 3 is 2.30 bits per heavy atom. The summed E-state index contributed by atoms with van der Waals surface area (Å²) in [4.78, 5) is 12.3. The van der Waals surface area contributed by atoms with Crippen LogP contribution in [0.3, 0.4) is 0 Å². The molecule has 2 aromatic carbocycles. The van der Waals surface area contributed by atoms with Crippen LogP contribution in [0, 0.1) is 6.92 Å². The second-order valence-corrected chi connectivity index (χ2v) is 6.00. The Kier molecular flexibility index (Phi) is 4.43. The Hall–Kier alpha value is -2.60. The molecular formula is C17H16N4OS. The van der Waals surface area contributed by atoms with Gasteiger partial charge in [0.25, 0.3) is 0 Å². The number of nitrogens with two attached hydrogens (primary N) is 1. The minimum atomic E-state index is 0.0373. The molecule has 0 saturated carbocycles. The van der Waals surface area contributed by atoms with E-state index >= 15 is 0 Å². The molecule has 5 nitrogen and oxygen atoms in total. The van der Waals surface area contributed by atoms with E-state index in [0.29, 0.717) is 16.5 Å². The summed E-state index contributed by atoms with van der Waals surface area (Å²) in [5.74, 6) is 6.70. The fraction of sp³-hybridized carbons (Fsp3) is 0.118. The number of Topliss-reactive ketones (excluding diaryl/α,β-unsaturated/α-hetero) is 1. The molecule has 0 fully saturated rings. The van der Waals surface area contributed by atoms with Gasteiger partial charge in [0.05, 0.1) is 5.75 Å². The van der Waals surface area contributed by atoms with Crippen molar-refractivity contribution in [1.29, 1.82) is 0 Å². The first-order valence-electron chi connectivity index (χ1n) is 7.14. The third-order valence-corrected chi connectivity index (χ3v) is 4.42. The normalized spacial score (nSPS) is 10.7. The number of hydrogen-bond acceptors (Lipinski definition) is 5. The molecule has 0 atom stereocenters. The lowest BCUT2D eigenvalue weighted by Crippen LogP contribution is -2.12. The van der Waals surface area contributed by atoms with Crippen LogP contribution in [-0.2, 0) is 0 Å². The fourth-order valence-corrected chi connectivity index (χ4v) is 2.94. The van der Waals surface area contributed by atoms with E-state index in [1.165, 1.54) is 16.4 Å². The molecule has 116 valence electrons. The van der Waals surface area contributed by atoms with Gasteiger partial charge in [0, 0.05) is 5.56 Å². The van der Waals surface area contributed by atoms with Gasteiger partial charge in [-0.1, -0.05) is 66.4 Å². The summed E-state index contributed by atoms with van der Waals surface area (Å²) in [5.41, 5.74) is 2.90. The van der Waals surface area contributed by atoms with Crippen LogP contribution in [0.4, 0.5) is 0 Å². The summed E-state index contributed by atoms with van der Waals surface area (Å²) < 4.78 is 1.39. The quantitative estimate of drug-likeness (QED) is 0.444. The van der Waals surface area contributed by atoms with Crippen molar-refractivity contribution in [2.24, 2.45) is 0 Å². The second-order valence-electron chi connectivity index (χ2n) is 5.06. The van der Waals surface area contributed by atoms with Crippen molar-refractivity contribution in [3.8, 4) is 11.1 Å². The Balaban J connectivity index is 1.67. The van der Waals surface area contributed by atoms with Crippen molar-refractivity contribution in [1.82, 2.24) is 14.9 Å². The molecule has 0 spiro atoms. The van der Waals surface area contributed by atoms with Crippen LogP contribution in [0.5, 0.6) is 0 Å². The molecule has 0 bridgehead atoms. The van der Waals surface area contributed by atoms with Gasteiger partial charge in [0.15, 0.2) is 5.78 Å². The molecule has 0 radical (unpaired) electrons. The van der Waals surface area contributed by atoms with Crippen LogP contribution in [-0.4, -0.2) is 26.4 Å². The Bertz CT molecular complexity index is 812. The topological polar surface area (TPSA) is 73.8 Å². The summed E-state index contributed by atoms with van der Waals surface area (Å²) in [6, 6.07) is 17.7. The summed E-state index contributed by atoms with van der Waals surface area (Å²) in [7, 11) is 0. The monoisotopic (exact) mass is 324 g/mol. The molecule has 3 rings (SSSR count). The molecule has 2 N–H and O–H groups in total. The molecule has 3 aromatic rings. The zero-order valence-electron chi connectivity index (χ0n) is 12.6. The van der Waals surface area contributed by atoms with Gasteiger partial charge in [-0.3, -0.25) is 4.79 Å². The standard InChI is InChI=1S/C17H16N4OS/c1-12-19-20-17(21(12)18)23-11-16(22)15-9-7-14(8-10-15)13-5-3-2-4-6-13/h2-10H,11,18H2,1H3. The smallest absolute Gasteiger partial charge is 0.210 e. The van der Waals surface area contributed by atoms with Crippen molar-refractivity contribution in [2.75, 3.05) is 11.6 Å². The predicted molar refractivity (Wildman–Crippen MR) is 91.8 cm³/mol. The number of carbonyl (C=O) groups excluding carboxylic acids is 1. The maximum atomic E-state index is 12.3. The van der Waals surface area contributed by atoms with Gasteiger partial charge >= 0.3 is 0 Å². The summed E-state index contributed by atoms with van der Waals surface area (Å²) in [6.45, 7) is 1.77. The molecular weight excluding hydrogens is 308 g/mol. The van der Waals surface area contributed by atoms with Crippen molar-refractivity contribution >= 4 is 17.5 Å². The van der Waals surface area contributed by atoms with Crippen LogP contribution in [0.1, 0.15) is 16.2 Å². The average molecular weight is 324 g/mol. The van der Waals surface area contributed by atoms with Gasteiger partial charge in [-0.25, -0.2) is 4.68 Å². The first-order valence-corrected chi connectivity index (χ1v) is 8.12. The highest BCUT2D eigenvalue weighted by molar-refractivity contribution is 7.99. The molecule has 0 amide bonds. The Morgan fingerprint density at radius 2 is 1.70 bits per heavy atom. The SMILES string of the molecule is Cc1nnc(SCC(=O)c2ccc(-c3ccccc3)cc2)n1N. The zero-order valence-corrected chi connectivity index (χ0v) is 13.5. The number of aryl methyl sites for hydroxylation is 1. The minimum absolute atomic E-state index is 0.0373. The number of nitrogens with zero attached hydrogens (tertiary/aromatic N) is 3. The fourth-order valence-electron chi connectivity index (χ4n) is 2.14. The van der Waals surface area contributed by atoms with Gasteiger partial charge < -0.3 is 5.84 Å². The average Bonchev–Trinajstić information content (AvgIpc) is 2.92. The Morgan fingerprint density at radius 1 is 1.04 bits per heavy atom. The third kappa shape index (κ3) is 3.43. The maximum Gasteiger partial charge on any atom is 0.210 e. The van der Waals surface area contributed by atoms with Gasteiger partial charge in [0.2, 0.25) is 5.16 Å². The van der Waals surface area contributed by atoms with E-state index in [4.69, 9.17) is 5.84 Å². The lowest BCUT2D eigenvalue weighted by atomic mass is 10.0. The van der Waals surface area contributed by atoms with Crippen LogP contribution in [0.15, 0.2) is 59.8 Å². The maximum absolute atomic E-state index is 12.3. The molecule has 6 heteroatoms. The molecule has 1 aromatic heterocycles. The predicted octanol–water partition coefficient (Wildman–Crippen LogP) is 2.94. The first kappa shape index (κ1) is 15.3. The van der Waals surface area contributed by atoms with Crippen molar-refractivity contribution in [3.63, 3.8) is 0 Å². The summed E-state index contributed by atoms with van der Waals surface area (Å²) in [6.07, 6.45) is 0. The second kappa shape index (κ2) is 6.66. The highest BCUT2D eigenvalue weighted by atomic mass is 32.2. The van der Waals surface area contributed by atoms with Crippen LogP contribution < -0.4 is 5.84 Å². The van der Waals surface area contributed by atoms with E-state index in [0.717, 1.165) is 11.1 Å². The van der Waals surface area contributed by atoms with Gasteiger partial charge in [-0.15, -0.1) is 10.2 Å². The van der Waals surface area contributed by atoms with Gasteiger partial charge in [-0.05, 0) is 18.1 Å². The van der Waals surface area contributed by atoms with Crippen molar-refractivity contribution in [3.05, 3.63) is 66.0 Å². The number of thioether (sulfide) groups is 1. The van der Waals surface area contributed by atoms with Gasteiger partial charge in [0.1, 0.15) is 5.82 Å². The van der Waals surface area contributed by atoms with E-state index < -0.39 is 0 Å². The van der Waals surface area contributed by atoms with Crippen molar-refractivity contribution < 1.29 is 4.79 Å². The van der Waals surface area contributed by atoms with Crippen LogP contribution >= 0.6 is 11.8 Å². The molecule has 0 aliphatic heterocycles. The van der Waals surface area contributed by atoms with E-state index in [1.807, 2.05) is 54.6 Å². The largest absolute Gasteiger partial charge is 0.336 e. The van der Waals surface area contributed by atoms with Crippen LogP contribution in [0.25, 0.3) is 11.1 Å². The highest BCUT2D eigenvalue weighted by Gasteiger charge is 2.11. The number of benzene rings is 2. The number of aromatic nitrogens is 3. The molecule has 23 heavy (non-hydrogen) atoms. The van der Waals surface area contributed by atoms with Gasteiger partial charge in [-0.2, -0.15) is 0 Å².